The van der Waals surface area contributed by atoms with E-state index in [-0.39, 0.29) is 17.4 Å². The second kappa shape index (κ2) is 8.20. The monoisotopic (exact) mass is 400 g/mol. The lowest BCUT2D eigenvalue weighted by Crippen LogP contribution is -2.14. The number of hydrogen-bond acceptors (Lipinski definition) is 4. The number of aromatic nitrogens is 1. The summed E-state index contributed by atoms with van der Waals surface area (Å²) < 4.78 is 5.66. The number of nitrogens with one attached hydrogen (secondary N) is 1. The van der Waals surface area contributed by atoms with Crippen molar-refractivity contribution >= 4 is 40.6 Å². The number of rotatable bonds is 5. The molecule has 2 aromatic carbocycles. The Morgan fingerprint density at radius 2 is 1.78 bits per heavy atom. The van der Waals surface area contributed by atoms with Gasteiger partial charge in [0, 0.05) is 16.7 Å². The zero-order valence-electron chi connectivity index (χ0n) is 14.2. The number of halogens is 2. The molecule has 0 unspecified atom stereocenters. The van der Waals surface area contributed by atoms with Gasteiger partial charge in [0.05, 0.1) is 10.7 Å². The minimum atomic E-state index is -0.442. The molecule has 7 heteroatoms. The SMILES string of the molecule is CC(=O)c1cccc(Oc2cccc(C(=O)Nc3ccc(Cl)cc3Cl)n2)c1. The lowest BCUT2D eigenvalue weighted by Gasteiger charge is -2.09. The average molecular weight is 401 g/mol. The molecule has 1 amide bonds. The van der Waals surface area contributed by atoms with Crippen LogP contribution in [0.4, 0.5) is 5.69 Å². The van der Waals surface area contributed by atoms with Crippen LogP contribution in [0.2, 0.25) is 10.0 Å². The minimum absolute atomic E-state index is 0.0682. The van der Waals surface area contributed by atoms with Crippen LogP contribution in [0.25, 0.3) is 0 Å². The van der Waals surface area contributed by atoms with Crippen molar-refractivity contribution in [2.45, 2.75) is 6.92 Å². The van der Waals surface area contributed by atoms with E-state index in [1.54, 1.807) is 54.6 Å². The molecular formula is C20H14Cl2N2O3. The van der Waals surface area contributed by atoms with E-state index in [4.69, 9.17) is 27.9 Å². The average Bonchev–Trinajstić information content (AvgIpc) is 2.64. The van der Waals surface area contributed by atoms with Gasteiger partial charge in [0.25, 0.3) is 5.91 Å². The van der Waals surface area contributed by atoms with E-state index < -0.39 is 5.91 Å². The Morgan fingerprint density at radius 1 is 1.00 bits per heavy atom. The molecule has 3 aromatic rings. The maximum absolute atomic E-state index is 12.4. The highest BCUT2D eigenvalue weighted by atomic mass is 35.5. The Kier molecular flexibility index (Phi) is 5.74. The highest BCUT2D eigenvalue weighted by Gasteiger charge is 2.12. The smallest absolute Gasteiger partial charge is 0.274 e. The van der Waals surface area contributed by atoms with Gasteiger partial charge in [0.2, 0.25) is 5.88 Å². The number of hydrogen-bond donors (Lipinski definition) is 1. The number of ether oxygens (including phenoxy) is 1. The number of Topliss-reactive ketones (excluding diaryl/α,β-unsaturated/α-hetero) is 1. The predicted octanol–water partition coefficient (Wildman–Crippen LogP) is 5.64. The van der Waals surface area contributed by atoms with Crippen LogP contribution in [0.15, 0.2) is 60.7 Å². The lowest BCUT2D eigenvalue weighted by molar-refractivity contribution is 0.101. The van der Waals surface area contributed by atoms with Crippen molar-refractivity contribution in [1.29, 1.82) is 0 Å². The summed E-state index contributed by atoms with van der Waals surface area (Å²) in [4.78, 5) is 28.1. The van der Waals surface area contributed by atoms with E-state index in [0.29, 0.717) is 27.0 Å². The molecular weight excluding hydrogens is 387 g/mol. The molecule has 27 heavy (non-hydrogen) atoms. The van der Waals surface area contributed by atoms with Crippen LogP contribution in [0, 0.1) is 0 Å². The molecule has 0 saturated carbocycles. The number of anilines is 1. The maximum Gasteiger partial charge on any atom is 0.274 e. The third-order valence-corrected chi connectivity index (χ3v) is 4.15. The molecule has 3 rings (SSSR count). The van der Waals surface area contributed by atoms with Crippen LogP contribution in [0.1, 0.15) is 27.8 Å². The summed E-state index contributed by atoms with van der Waals surface area (Å²) in [7, 11) is 0. The summed E-state index contributed by atoms with van der Waals surface area (Å²) in [6.45, 7) is 1.48. The van der Waals surface area contributed by atoms with Crippen LogP contribution in [0.5, 0.6) is 11.6 Å². The quantitative estimate of drug-likeness (QED) is 0.562. The maximum atomic E-state index is 12.4. The predicted molar refractivity (Wildman–Crippen MR) is 105 cm³/mol. The Balaban J connectivity index is 1.77. The molecule has 136 valence electrons. The van der Waals surface area contributed by atoms with Crippen LogP contribution < -0.4 is 10.1 Å². The molecule has 0 aliphatic heterocycles. The summed E-state index contributed by atoms with van der Waals surface area (Å²) >= 11 is 11.9. The third-order valence-electron chi connectivity index (χ3n) is 3.60. The molecule has 0 aliphatic carbocycles. The highest BCUT2D eigenvalue weighted by Crippen LogP contribution is 2.26. The van der Waals surface area contributed by atoms with Crippen molar-refractivity contribution in [3.63, 3.8) is 0 Å². The third kappa shape index (κ3) is 4.84. The zero-order chi connectivity index (χ0) is 19.4. The van der Waals surface area contributed by atoms with Gasteiger partial charge in [-0.25, -0.2) is 4.98 Å². The normalized spacial score (nSPS) is 10.3. The summed E-state index contributed by atoms with van der Waals surface area (Å²) in [5.74, 6) is 0.169. The lowest BCUT2D eigenvalue weighted by atomic mass is 10.1. The van der Waals surface area contributed by atoms with Gasteiger partial charge in [-0.15, -0.1) is 0 Å². The number of ketones is 1. The van der Waals surface area contributed by atoms with Crippen LogP contribution in [-0.2, 0) is 0 Å². The first kappa shape index (κ1) is 18.9. The van der Waals surface area contributed by atoms with Gasteiger partial charge in [-0.2, -0.15) is 0 Å². The molecule has 0 saturated heterocycles. The van der Waals surface area contributed by atoms with Gasteiger partial charge in [-0.05, 0) is 43.3 Å². The van der Waals surface area contributed by atoms with E-state index >= 15 is 0 Å². The second-order valence-corrected chi connectivity index (χ2v) is 6.47. The summed E-state index contributed by atoms with van der Waals surface area (Å²) in [5, 5.41) is 3.47. The van der Waals surface area contributed by atoms with Gasteiger partial charge in [-0.3, -0.25) is 9.59 Å². The van der Waals surface area contributed by atoms with E-state index in [1.807, 2.05) is 0 Å². The standard InChI is InChI=1S/C20H14Cl2N2O3/c1-12(25)13-4-2-5-15(10-13)27-19-7-3-6-18(23-19)20(26)24-17-9-8-14(21)11-16(17)22/h2-11H,1H3,(H,24,26). The summed E-state index contributed by atoms with van der Waals surface area (Å²) in [6, 6.07) is 16.3. The van der Waals surface area contributed by atoms with Crippen molar-refractivity contribution < 1.29 is 14.3 Å². The second-order valence-electron chi connectivity index (χ2n) is 5.63. The van der Waals surface area contributed by atoms with Gasteiger partial charge in [-0.1, -0.05) is 41.4 Å². The molecule has 5 nitrogen and oxygen atoms in total. The van der Waals surface area contributed by atoms with Gasteiger partial charge in [0.1, 0.15) is 11.4 Å². The first-order valence-electron chi connectivity index (χ1n) is 7.95. The number of benzene rings is 2. The van der Waals surface area contributed by atoms with Crippen molar-refractivity contribution in [3.8, 4) is 11.6 Å². The van der Waals surface area contributed by atoms with Crippen molar-refractivity contribution in [2.24, 2.45) is 0 Å². The Labute approximate surface area is 165 Å². The molecule has 0 fully saturated rings. The molecule has 0 radical (unpaired) electrons. The Morgan fingerprint density at radius 3 is 2.52 bits per heavy atom. The van der Waals surface area contributed by atoms with Gasteiger partial charge < -0.3 is 10.1 Å². The minimum Gasteiger partial charge on any atom is -0.439 e. The number of carbonyl (C=O) groups is 2. The van der Waals surface area contributed by atoms with Crippen LogP contribution in [-0.4, -0.2) is 16.7 Å². The van der Waals surface area contributed by atoms with E-state index in [9.17, 15) is 9.59 Å². The molecule has 1 aromatic heterocycles. The highest BCUT2D eigenvalue weighted by molar-refractivity contribution is 6.36. The summed E-state index contributed by atoms with van der Waals surface area (Å²) in [5.41, 5.74) is 1.10. The van der Waals surface area contributed by atoms with Crippen LogP contribution >= 0.6 is 23.2 Å². The first-order valence-corrected chi connectivity index (χ1v) is 8.70. The molecule has 0 spiro atoms. The first-order chi connectivity index (χ1) is 12.9. The zero-order valence-corrected chi connectivity index (χ0v) is 15.7. The summed E-state index contributed by atoms with van der Waals surface area (Å²) in [6.07, 6.45) is 0. The van der Waals surface area contributed by atoms with E-state index in [2.05, 4.69) is 10.3 Å². The van der Waals surface area contributed by atoms with Gasteiger partial charge in [0.15, 0.2) is 5.78 Å². The van der Waals surface area contributed by atoms with E-state index in [1.165, 1.54) is 13.0 Å². The molecule has 0 atom stereocenters. The number of carbonyl (C=O) groups excluding carboxylic acids is 2. The molecule has 1 heterocycles. The Hall–Kier alpha value is -2.89. The van der Waals surface area contributed by atoms with Crippen molar-refractivity contribution in [3.05, 3.63) is 82.0 Å². The van der Waals surface area contributed by atoms with E-state index in [0.717, 1.165) is 0 Å². The largest absolute Gasteiger partial charge is 0.439 e. The van der Waals surface area contributed by atoms with Crippen molar-refractivity contribution in [1.82, 2.24) is 4.98 Å². The molecule has 0 aliphatic rings. The number of pyridine rings is 1. The van der Waals surface area contributed by atoms with Crippen LogP contribution in [0.3, 0.4) is 0 Å². The fourth-order valence-corrected chi connectivity index (χ4v) is 2.73. The molecule has 0 bridgehead atoms. The fourth-order valence-electron chi connectivity index (χ4n) is 2.27. The Bertz CT molecular complexity index is 1020. The van der Waals surface area contributed by atoms with Gasteiger partial charge >= 0.3 is 0 Å². The van der Waals surface area contributed by atoms with Crippen molar-refractivity contribution in [2.75, 3.05) is 5.32 Å². The molecule has 1 N–H and O–H groups in total. The number of nitrogens with zero attached hydrogens (tertiary/aromatic N) is 1. The number of amides is 1. The fraction of sp³-hybridized carbons (Fsp3) is 0.0500. The topological polar surface area (TPSA) is 68.3 Å².